The van der Waals surface area contributed by atoms with Gasteiger partial charge in [-0.1, -0.05) is 6.08 Å². The summed E-state index contributed by atoms with van der Waals surface area (Å²) in [5.74, 6) is 0.905. The molecule has 1 rings (SSSR count). The first-order valence-electron chi connectivity index (χ1n) is 4.35. The van der Waals surface area contributed by atoms with Crippen molar-refractivity contribution in [2.75, 3.05) is 23.7 Å². The van der Waals surface area contributed by atoms with Gasteiger partial charge in [0.25, 0.3) is 0 Å². The Hall–Kier alpha value is -1.51. The van der Waals surface area contributed by atoms with Crippen LogP contribution in [0.5, 0.6) is 0 Å². The van der Waals surface area contributed by atoms with Gasteiger partial charge in [0.1, 0.15) is 5.82 Å². The van der Waals surface area contributed by atoms with E-state index in [4.69, 9.17) is 5.73 Å². The smallest absolute Gasteiger partial charge is 0.130 e. The molecule has 0 saturated carbocycles. The van der Waals surface area contributed by atoms with E-state index in [1.54, 1.807) is 12.3 Å². The molecule has 0 amide bonds. The van der Waals surface area contributed by atoms with E-state index >= 15 is 0 Å². The van der Waals surface area contributed by atoms with Crippen molar-refractivity contribution in [2.45, 2.75) is 6.92 Å². The quantitative estimate of drug-likeness (QED) is 0.711. The summed E-state index contributed by atoms with van der Waals surface area (Å²) >= 11 is 0. The van der Waals surface area contributed by atoms with Crippen LogP contribution in [0.3, 0.4) is 0 Å². The van der Waals surface area contributed by atoms with Crippen molar-refractivity contribution in [3.63, 3.8) is 0 Å². The maximum atomic E-state index is 5.65. The number of likely N-dealkylation sites (N-methyl/N-ethyl adjacent to an activating group) is 1. The Labute approximate surface area is 78.9 Å². The highest BCUT2D eigenvalue weighted by molar-refractivity contribution is 5.50. The van der Waals surface area contributed by atoms with Crippen molar-refractivity contribution in [3.8, 4) is 0 Å². The van der Waals surface area contributed by atoms with Gasteiger partial charge in [0, 0.05) is 31.0 Å². The van der Waals surface area contributed by atoms with E-state index in [2.05, 4.69) is 23.4 Å². The molecule has 0 bridgehead atoms. The Morgan fingerprint density at radius 1 is 1.69 bits per heavy atom. The highest BCUT2D eigenvalue weighted by atomic mass is 15.2. The number of hydrogen-bond acceptors (Lipinski definition) is 3. The van der Waals surface area contributed by atoms with E-state index in [1.165, 1.54) is 0 Å². The minimum atomic E-state index is 0.743. The summed E-state index contributed by atoms with van der Waals surface area (Å²) in [5, 5.41) is 0. The van der Waals surface area contributed by atoms with Crippen LogP contribution in [-0.4, -0.2) is 18.1 Å². The maximum absolute atomic E-state index is 5.65. The molecule has 0 fully saturated rings. The molecule has 0 aliphatic carbocycles. The predicted molar refractivity (Wildman–Crippen MR) is 56.7 cm³/mol. The Balaban J connectivity index is 2.84. The number of rotatable bonds is 4. The zero-order valence-electron chi connectivity index (χ0n) is 7.90. The Bertz CT molecular complexity index is 283. The van der Waals surface area contributed by atoms with Crippen LogP contribution in [0.1, 0.15) is 6.92 Å². The SMILES string of the molecule is C=CCN(CC)c1cc(N)ccn1. The lowest BCUT2D eigenvalue weighted by molar-refractivity contribution is 0.883. The van der Waals surface area contributed by atoms with Gasteiger partial charge in [0.05, 0.1) is 0 Å². The molecule has 1 heterocycles. The van der Waals surface area contributed by atoms with Crippen molar-refractivity contribution < 1.29 is 0 Å². The van der Waals surface area contributed by atoms with Crippen molar-refractivity contribution in [1.82, 2.24) is 4.98 Å². The second-order valence-corrected chi connectivity index (χ2v) is 2.77. The fourth-order valence-electron chi connectivity index (χ4n) is 1.15. The summed E-state index contributed by atoms with van der Waals surface area (Å²) in [6.07, 6.45) is 3.57. The molecule has 3 nitrogen and oxygen atoms in total. The van der Waals surface area contributed by atoms with Gasteiger partial charge >= 0.3 is 0 Å². The van der Waals surface area contributed by atoms with Gasteiger partial charge in [-0.15, -0.1) is 6.58 Å². The van der Waals surface area contributed by atoms with Crippen molar-refractivity contribution in [2.24, 2.45) is 0 Å². The maximum Gasteiger partial charge on any atom is 0.130 e. The molecular weight excluding hydrogens is 162 g/mol. The minimum Gasteiger partial charge on any atom is -0.399 e. The molecule has 0 radical (unpaired) electrons. The average Bonchev–Trinajstić information content (AvgIpc) is 2.14. The number of pyridine rings is 1. The van der Waals surface area contributed by atoms with Crippen LogP contribution in [0.2, 0.25) is 0 Å². The summed E-state index contributed by atoms with van der Waals surface area (Å²) in [7, 11) is 0. The largest absolute Gasteiger partial charge is 0.399 e. The summed E-state index contributed by atoms with van der Waals surface area (Å²) in [6.45, 7) is 7.48. The predicted octanol–water partition coefficient (Wildman–Crippen LogP) is 1.68. The number of nitrogens with two attached hydrogens (primary N) is 1. The summed E-state index contributed by atoms with van der Waals surface area (Å²) < 4.78 is 0. The standard InChI is InChI=1S/C10H15N3/c1-3-7-13(4-2)10-8-9(11)5-6-12-10/h3,5-6,8H,1,4,7H2,2H3,(H2,11,12). The van der Waals surface area contributed by atoms with Gasteiger partial charge in [0.2, 0.25) is 0 Å². The van der Waals surface area contributed by atoms with E-state index in [1.807, 2.05) is 12.1 Å². The molecule has 3 heteroatoms. The molecular formula is C10H15N3. The second kappa shape index (κ2) is 4.50. The third kappa shape index (κ3) is 2.47. The third-order valence-corrected chi connectivity index (χ3v) is 1.82. The first-order chi connectivity index (χ1) is 6.27. The topological polar surface area (TPSA) is 42.1 Å². The van der Waals surface area contributed by atoms with Gasteiger partial charge < -0.3 is 10.6 Å². The molecule has 0 aliphatic heterocycles. The van der Waals surface area contributed by atoms with E-state index in [-0.39, 0.29) is 0 Å². The number of nitrogens with zero attached hydrogens (tertiary/aromatic N) is 2. The molecule has 0 aliphatic rings. The number of aromatic nitrogens is 1. The van der Waals surface area contributed by atoms with Crippen LogP contribution in [0.15, 0.2) is 31.0 Å². The van der Waals surface area contributed by atoms with Crippen LogP contribution in [0.25, 0.3) is 0 Å². The fraction of sp³-hybridized carbons (Fsp3) is 0.300. The Kier molecular flexibility index (Phi) is 3.31. The third-order valence-electron chi connectivity index (χ3n) is 1.82. The number of nitrogen functional groups attached to an aromatic ring is 1. The molecule has 0 atom stereocenters. The molecule has 0 aromatic carbocycles. The average molecular weight is 177 g/mol. The van der Waals surface area contributed by atoms with Gasteiger partial charge in [-0.3, -0.25) is 0 Å². The lowest BCUT2D eigenvalue weighted by Crippen LogP contribution is -2.23. The number of anilines is 2. The van der Waals surface area contributed by atoms with Crippen LogP contribution in [0.4, 0.5) is 11.5 Å². The van der Waals surface area contributed by atoms with Crippen LogP contribution < -0.4 is 10.6 Å². The van der Waals surface area contributed by atoms with E-state index < -0.39 is 0 Å². The molecule has 0 spiro atoms. The lowest BCUT2D eigenvalue weighted by Gasteiger charge is -2.19. The highest BCUT2D eigenvalue weighted by Crippen LogP contribution is 2.13. The number of hydrogen-bond donors (Lipinski definition) is 1. The van der Waals surface area contributed by atoms with Crippen LogP contribution in [0, 0.1) is 0 Å². The summed E-state index contributed by atoms with van der Waals surface area (Å²) in [6, 6.07) is 3.65. The van der Waals surface area contributed by atoms with Crippen molar-refractivity contribution in [1.29, 1.82) is 0 Å². The highest BCUT2D eigenvalue weighted by Gasteiger charge is 2.02. The first kappa shape index (κ1) is 9.58. The minimum absolute atomic E-state index is 0.743. The Morgan fingerprint density at radius 2 is 2.46 bits per heavy atom. The zero-order valence-corrected chi connectivity index (χ0v) is 7.90. The van der Waals surface area contributed by atoms with Gasteiger partial charge in [-0.25, -0.2) is 4.98 Å². The zero-order chi connectivity index (χ0) is 9.68. The molecule has 2 N–H and O–H groups in total. The van der Waals surface area contributed by atoms with Crippen molar-refractivity contribution >= 4 is 11.5 Å². The molecule has 70 valence electrons. The second-order valence-electron chi connectivity index (χ2n) is 2.77. The molecule has 13 heavy (non-hydrogen) atoms. The lowest BCUT2D eigenvalue weighted by atomic mass is 10.3. The van der Waals surface area contributed by atoms with Gasteiger partial charge in [-0.2, -0.15) is 0 Å². The Morgan fingerprint density at radius 3 is 3.00 bits per heavy atom. The summed E-state index contributed by atoms with van der Waals surface area (Å²) in [5.41, 5.74) is 6.40. The van der Waals surface area contributed by atoms with E-state index in [0.29, 0.717) is 0 Å². The van der Waals surface area contributed by atoms with Crippen LogP contribution in [-0.2, 0) is 0 Å². The van der Waals surface area contributed by atoms with Crippen LogP contribution >= 0.6 is 0 Å². The molecule has 1 aromatic rings. The van der Waals surface area contributed by atoms with E-state index in [9.17, 15) is 0 Å². The normalized spacial score (nSPS) is 9.62. The van der Waals surface area contributed by atoms with Gasteiger partial charge in [-0.05, 0) is 13.0 Å². The molecule has 0 saturated heterocycles. The van der Waals surface area contributed by atoms with Gasteiger partial charge in [0.15, 0.2) is 0 Å². The molecule has 0 unspecified atom stereocenters. The summed E-state index contributed by atoms with van der Waals surface area (Å²) in [4.78, 5) is 6.33. The molecule has 1 aromatic heterocycles. The van der Waals surface area contributed by atoms with Crippen molar-refractivity contribution in [3.05, 3.63) is 31.0 Å². The fourth-order valence-corrected chi connectivity index (χ4v) is 1.15. The van der Waals surface area contributed by atoms with E-state index in [0.717, 1.165) is 24.6 Å². The monoisotopic (exact) mass is 177 g/mol. The first-order valence-corrected chi connectivity index (χ1v) is 4.35.